The second kappa shape index (κ2) is 14.7. The van der Waals surface area contributed by atoms with Gasteiger partial charge in [0.1, 0.15) is 29.1 Å². The lowest BCUT2D eigenvalue weighted by atomic mass is 9.95. The van der Waals surface area contributed by atoms with Crippen LogP contribution in [0.1, 0.15) is 105 Å². The number of ether oxygens (including phenoxy) is 2. The Morgan fingerprint density at radius 1 is 1.07 bits per heavy atom. The van der Waals surface area contributed by atoms with Crippen molar-refractivity contribution in [3.8, 4) is 5.88 Å². The summed E-state index contributed by atoms with van der Waals surface area (Å²) in [7, 11) is -4.07. The van der Waals surface area contributed by atoms with Gasteiger partial charge in [-0.05, 0) is 78.4 Å². The highest BCUT2D eigenvalue weighted by Gasteiger charge is 2.63. The number of halogens is 3. The van der Waals surface area contributed by atoms with Crippen molar-refractivity contribution in [2.24, 2.45) is 11.8 Å². The minimum absolute atomic E-state index is 0.00166. The van der Waals surface area contributed by atoms with E-state index in [1.807, 2.05) is 6.08 Å². The van der Waals surface area contributed by atoms with Crippen molar-refractivity contribution in [3.63, 3.8) is 0 Å². The normalized spacial score (nSPS) is 27.8. The SMILES string of the molecule is CC(C)(C)OC(=O)C[C@H]1CCCCC/C=C\[C@@H]2C[C@@]2(C(=O)NS(=O)(=O)C2(C)CC2)NC(=O)[C@@H]2C[C@@H](Oc3nc4cc(F)ccc4nc3C(C)(F)F)CN2C1=O. The molecule has 0 spiro atoms. The van der Waals surface area contributed by atoms with Crippen LogP contribution in [-0.2, 0) is 39.9 Å². The molecule has 4 aliphatic rings. The van der Waals surface area contributed by atoms with Crippen LogP contribution in [0.5, 0.6) is 5.88 Å². The van der Waals surface area contributed by atoms with Gasteiger partial charge in [0.2, 0.25) is 27.7 Å². The first kappa shape index (κ1) is 40.4. The third-order valence-corrected chi connectivity index (χ3v) is 12.9. The van der Waals surface area contributed by atoms with Crippen LogP contribution < -0.4 is 14.8 Å². The van der Waals surface area contributed by atoms with E-state index in [-0.39, 0.29) is 43.3 Å². The zero-order valence-electron chi connectivity index (χ0n) is 31.6. The number of allylic oxidation sites excluding steroid dienone is 1. The van der Waals surface area contributed by atoms with Crippen molar-refractivity contribution < 1.29 is 50.2 Å². The molecule has 3 heterocycles. The number of hydrogen-bond acceptors (Lipinski definition) is 10. The Hall–Kier alpha value is -4.28. The molecule has 55 heavy (non-hydrogen) atoms. The molecule has 0 radical (unpaired) electrons. The van der Waals surface area contributed by atoms with Gasteiger partial charge >= 0.3 is 5.97 Å². The monoisotopic (exact) mass is 791 g/mol. The number of fused-ring (bicyclic) bond motifs is 3. The van der Waals surface area contributed by atoms with Gasteiger partial charge < -0.3 is 19.7 Å². The van der Waals surface area contributed by atoms with Gasteiger partial charge in [0.25, 0.3) is 11.8 Å². The van der Waals surface area contributed by atoms with Crippen LogP contribution in [0.15, 0.2) is 30.4 Å². The second-order valence-electron chi connectivity index (χ2n) is 16.6. The fourth-order valence-electron chi connectivity index (χ4n) is 7.20. The standard InChI is InChI=1S/C38H48F3N5O8S/c1-35(2,3)54-29(47)17-22-11-9-7-6-8-10-12-23-20-38(23,34(50)45-55(51,52)36(4)15-16-36)44-31(48)28-19-25(21-46(28)33(22)49)53-32-30(37(5,40)41)42-26-14-13-24(39)18-27(26)43-32/h10,12-14,18,22-23,25,28H,6-9,11,15-17,19-21H2,1-5H3,(H,44,48)(H,45,50)/b12-10-/t22-,23-,25-,28+,38-/m1/s1. The predicted molar refractivity (Wildman–Crippen MR) is 193 cm³/mol. The first-order chi connectivity index (χ1) is 25.6. The fourth-order valence-corrected chi connectivity index (χ4v) is 8.51. The van der Waals surface area contributed by atoms with Crippen LogP contribution in [0.25, 0.3) is 11.0 Å². The number of carbonyl (C=O) groups is 4. The molecule has 13 nitrogen and oxygen atoms in total. The summed E-state index contributed by atoms with van der Waals surface area (Å²) in [4.78, 5) is 65.1. The smallest absolute Gasteiger partial charge is 0.307 e. The maximum atomic E-state index is 14.9. The molecular weight excluding hydrogens is 744 g/mol. The van der Waals surface area contributed by atoms with Crippen LogP contribution in [0, 0.1) is 17.7 Å². The maximum absolute atomic E-state index is 14.9. The summed E-state index contributed by atoms with van der Waals surface area (Å²) in [5.74, 6) is -9.18. The Kier molecular flexibility index (Phi) is 10.8. The molecular formula is C38H48F3N5O8S. The predicted octanol–water partition coefficient (Wildman–Crippen LogP) is 4.97. The summed E-state index contributed by atoms with van der Waals surface area (Å²) in [5.41, 5.74) is -3.36. The lowest BCUT2D eigenvalue weighted by Gasteiger charge is -2.30. The summed E-state index contributed by atoms with van der Waals surface area (Å²) < 4.78 is 82.8. The molecule has 1 aromatic carbocycles. The van der Waals surface area contributed by atoms with Gasteiger partial charge in [0.15, 0.2) is 5.69 Å². The number of hydrogen-bond donors (Lipinski definition) is 2. The highest BCUT2D eigenvalue weighted by Crippen LogP contribution is 2.47. The van der Waals surface area contributed by atoms with Gasteiger partial charge in [-0.15, -0.1) is 0 Å². The molecule has 3 amide bonds. The number of nitrogens with zero attached hydrogens (tertiary/aromatic N) is 3. The second-order valence-corrected chi connectivity index (χ2v) is 18.8. The minimum Gasteiger partial charge on any atom is -0.471 e. The summed E-state index contributed by atoms with van der Waals surface area (Å²) in [6.07, 6.45) is 5.83. The number of nitrogens with one attached hydrogen (secondary N) is 2. The highest BCUT2D eigenvalue weighted by atomic mass is 32.2. The molecule has 1 saturated heterocycles. The summed E-state index contributed by atoms with van der Waals surface area (Å²) in [6, 6.07) is 1.95. The Morgan fingerprint density at radius 2 is 1.80 bits per heavy atom. The minimum atomic E-state index is -4.07. The molecule has 2 aliphatic heterocycles. The Bertz CT molecular complexity index is 2010. The molecule has 300 valence electrons. The van der Waals surface area contributed by atoms with E-state index >= 15 is 0 Å². The van der Waals surface area contributed by atoms with Crippen LogP contribution in [0.3, 0.4) is 0 Å². The van der Waals surface area contributed by atoms with Gasteiger partial charge in [0.05, 0.1) is 28.7 Å². The number of sulfonamides is 1. The number of esters is 1. The number of alkyl halides is 2. The first-order valence-electron chi connectivity index (χ1n) is 18.7. The highest BCUT2D eigenvalue weighted by molar-refractivity contribution is 7.91. The fraction of sp³-hybridized carbons (Fsp3) is 0.632. The molecule has 3 fully saturated rings. The molecule has 0 unspecified atom stereocenters. The summed E-state index contributed by atoms with van der Waals surface area (Å²) >= 11 is 0. The molecule has 2 N–H and O–H groups in total. The van der Waals surface area contributed by atoms with E-state index in [1.54, 1.807) is 26.8 Å². The number of carbonyl (C=O) groups excluding carboxylic acids is 4. The van der Waals surface area contributed by atoms with Gasteiger partial charge in [0, 0.05) is 31.2 Å². The van der Waals surface area contributed by atoms with Crippen molar-refractivity contribution in [1.29, 1.82) is 0 Å². The van der Waals surface area contributed by atoms with Crippen molar-refractivity contribution in [2.75, 3.05) is 6.54 Å². The topological polar surface area (TPSA) is 174 Å². The Labute approximate surface area is 318 Å². The lowest BCUT2D eigenvalue weighted by molar-refractivity contribution is -0.159. The average molecular weight is 792 g/mol. The largest absolute Gasteiger partial charge is 0.471 e. The van der Waals surface area contributed by atoms with Crippen molar-refractivity contribution in [2.45, 2.75) is 133 Å². The van der Waals surface area contributed by atoms with Gasteiger partial charge in [-0.2, -0.15) is 8.78 Å². The quantitative estimate of drug-likeness (QED) is 0.275. The molecule has 5 atom stereocenters. The van der Waals surface area contributed by atoms with E-state index in [4.69, 9.17) is 9.47 Å². The van der Waals surface area contributed by atoms with E-state index in [0.29, 0.717) is 39.0 Å². The molecule has 1 aromatic heterocycles. The zero-order valence-corrected chi connectivity index (χ0v) is 32.4. The zero-order chi connectivity index (χ0) is 40.1. The van der Waals surface area contributed by atoms with Crippen molar-refractivity contribution in [1.82, 2.24) is 24.9 Å². The van der Waals surface area contributed by atoms with Crippen molar-refractivity contribution in [3.05, 3.63) is 41.9 Å². The molecule has 17 heteroatoms. The van der Waals surface area contributed by atoms with Gasteiger partial charge in [-0.1, -0.05) is 25.0 Å². The lowest BCUT2D eigenvalue weighted by Crippen LogP contribution is -2.57. The van der Waals surface area contributed by atoms with E-state index in [1.165, 1.54) is 17.9 Å². The van der Waals surface area contributed by atoms with E-state index in [2.05, 4.69) is 20.0 Å². The van der Waals surface area contributed by atoms with Crippen LogP contribution >= 0.6 is 0 Å². The van der Waals surface area contributed by atoms with Crippen LogP contribution in [0.2, 0.25) is 0 Å². The van der Waals surface area contributed by atoms with Crippen LogP contribution in [0.4, 0.5) is 13.2 Å². The van der Waals surface area contributed by atoms with Gasteiger partial charge in [-0.25, -0.2) is 22.8 Å². The summed E-state index contributed by atoms with van der Waals surface area (Å²) in [5, 5.41) is 2.76. The number of benzene rings is 1. The molecule has 2 aliphatic carbocycles. The molecule has 0 bridgehead atoms. The maximum Gasteiger partial charge on any atom is 0.307 e. The third kappa shape index (κ3) is 8.91. The van der Waals surface area contributed by atoms with Crippen LogP contribution in [-0.4, -0.2) is 81.6 Å². The number of aromatic nitrogens is 2. The van der Waals surface area contributed by atoms with E-state index in [9.17, 15) is 40.8 Å². The third-order valence-electron chi connectivity index (χ3n) is 10.7. The summed E-state index contributed by atoms with van der Waals surface area (Å²) in [6.45, 7) is 6.94. The Balaban J connectivity index is 1.34. The van der Waals surface area contributed by atoms with E-state index < -0.39 is 96.9 Å². The number of amides is 3. The molecule has 2 saturated carbocycles. The Morgan fingerprint density at radius 3 is 2.47 bits per heavy atom. The number of rotatable bonds is 8. The van der Waals surface area contributed by atoms with Crippen molar-refractivity contribution >= 4 is 44.7 Å². The molecule has 2 aromatic rings. The average Bonchev–Trinajstić information content (AvgIpc) is 3.95. The van der Waals surface area contributed by atoms with E-state index in [0.717, 1.165) is 18.6 Å². The first-order valence-corrected chi connectivity index (χ1v) is 20.2. The van der Waals surface area contributed by atoms with Gasteiger partial charge in [-0.3, -0.25) is 23.9 Å². The molecule has 6 rings (SSSR count).